The Morgan fingerprint density at radius 2 is 0.592 bits per heavy atom. The van der Waals surface area contributed by atoms with Crippen LogP contribution in [0.15, 0.2) is 529 Å². The first-order valence-electron chi connectivity index (χ1n) is 49.4. The fourth-order valence-corrected chi connectivity index (χ4v) is 21.1. The van der Waals surface area contributed by atoms with Crippen molar-refractivity contribution in [3.05, 3.63) is 529 Å². The highest BCUT2D eigenvalue weighted by Gasteiger charge is 2.33. The van der Waals surface area contributed by atoms with E-state index in [0.717, 1.165) is 123 Å². The molecular formula is C136H87N11. The molecule has 28 rings (SSSR count). The molecule has 0 fully saturated rings. The van der Waals surface area contributed by atoms with E-state index in [1.165, 1.54) is 132 Å². The van der Waals surface area contributed by atoms with Crippen molar-refractivity contribution in [2.24, 2.45) is 0 Å². The predicted molar refractivity (Wildman–Crippen MR) is 605 cm³/mol. The number of nitrogens with zero attached hydrogens (tertiary/aromatic N) is 11. The molecule has 0 unspecified atom stereocenters. The second kappa shape index (κ2) is 38.3. The van der Waals surface area contributed by atoms with Gasteiger partial charge in [-0.1, -0.05) is 364 Å². The zero-order valence-corrected chi connectivity index (χ0v) is 79.6. The number of pyridine rings is 6. The zero-order valence-electron chi connectivity index (χ0n) is 79.6. The lowest BCUT2D eigenvalue weighted by Crippen LogP contribution is -2.00. The normalized spacial score (nSPS) is 11.4. The van der Waals surface area contributed by atoms with E-state index in [1.54, 1.807) is 18.6 Å². The lowest BCUT2D eigenvalue weighted by Gasteiger charge is -2.20. The van der Waals surface area contributed by atoms with Gasteiger partial charge in [0.15, 0.2) is 17.5 Å². The summed E-state index contributed by atoms with van der Waals surface area (Å²) in [5.41, 5.74) is 35.5. The van der Waals surface area contributed by atoms with Gasteiger partial charge in [0.2, 0.25) is 0 Å². The van der Waals surface area contributed by atoms with Crippen molar-refractivity contribution in [1.29, 1.82) is 0 Å². The minimum absolute atomic E-state index is 0.657. The molecule has 27 aromatic rings. The fourth-order valence-electron chi connectivity index (χ4n) is 21.1. The number of aromatic nitrogens is 11. The molecule has 0 radical (unpaired) electrons. The monoisotopic (exact) mass is 1870 g/mol. The van der Waals surface area contributed by atoms with Crippen LogP contribution in [0, 0.1) is 0 Å². The second-order valence-corrected chi connectivity index (χ2v) is 36.8. The van der Waals surface area contributed by atoms with Crippen molar-refractivity contribution < 1.29 is 0 Å². The third-order valence-electron chi connectivity index (χ3n) is 28.0. The van der Waals surface area contributed by atoms with Crippen molar-refractivity contribution in [1.82, 2.24) is 54.4 Å². The summed E-state index contributed by atoms with van der Waals surface area (Å²) < 4.78 is 2.26. The van der Waals surface area contributed by atoms with Crippen molar-refractivity contribution in [2.75, 3.05) is 0 Å². The number of hydrogen-bond donors (Lipinski definition) is 0. The van der Waals surface area contributed by atoms with Crippen molar-refractivity contribution in [3.8, 4) is 197 Å². The molecule has 0 saturated heterocycles. The van der Waals surface area contributed by atoms with Crippen molar-refractivity contribution >= 4 is 75.7 Å². The van der Waals surface area contributed by atoms with Crippen LogP contribution in [0.2, 0.25) is 0 Å². The second-order valence-electron chi connectivity index (χ2n) is 36.8. The Labute approximate surface area is 849 Å². The fraction of sp³-hybridized carbons (Fsp3) is 0. The van der Waals surface area contributed by atoms with Crippen LogP contribution in [0.1, 0.15) is 0 Å². The van der Waals surface area contributed by atoms with Crippen LogP contribution in [0.3, 0.4) is 0 Å². The predicted octanol–water partition coefficient (Wildman–Crippen LogP) is 34.5. The van der Waals surface area contributed by atoms with E-state index in [0.29, 0.717) is 17.5 Å². The average molecular weight is 1880 g/mol. The van der Waals surface area contributed by atoms with Crippen LogP contribution in [-0.2, 0) is 0 Å². The smallest absolute Gasteiger partial charge is 0.164 e. The van der Waals surface area contributed by atoms with Crippen LogP contribution in [-0.4, -0.2) is 54.4 Å². The van der Waals surface area contributed by atoms with Crippen LogP contribution in [0.4, 0.5) is 0 Å². The van der Waals surface area contributed by atoms with E-state index in [9.17, 15) is 0 Å². The number of hydrogen-bond acceptors (Lipinski definition) is 10. The van der Waals surface area contributed by atoms with Gasteiger partial charge in [-0.15, -0.1) is 0 Å². The Hall–Kier alpha value is -19.9. The summed E-state index contributed by atoms with van der Waals surface area (Å²) in [6, 6.07) is 173. The molecule has 0 spiro atoms. The Morgan fingerprint density at radius 1 is 0.170 bits per heavy atom. The van der Waals surface area contributed by atoms with Gasteiger partial charge >= 0.3 is 0 Å². The van der Waals surface area contributed by atoms with Crippen LogP contribution >= 0.6 is 0 Å². The topological polar surface area (TPSA) is 134 Å². The third kappa shape index (κ3) is 16.7. The summed E-state index contributed by atoms with van der Waals surface area (Å²) in [6.07, 6.45) is 11.0. The van der Waals surface area contributed by atoms with Gasteiger partial charge in [-0.25, -0.2) is 24.9 Å². The van der Waals surface area contributed by atoms with E-state index in [4.69, 9.17) is 34.9 Å². The zero-order chi connectivity index (χ0) is 97.5. The lowest BCUT2D eigenvalue weighted by atomic mass is 9.82. The van der Waals surface area contributed by atoms with E-state index < -0.39 is 0 Å². The van der Waals surface area contributed by atoms with Gasteiger partial charge in [-0.2, -0.15) is 0 Å². The standard InChI is InChI=1S/C53H34N2.C47H29N3.C36H24N6/c1-2-16-44(17-3-1)55-50-21-11-10-20-49(50)54-53(55)38-26-22-37(23-27-38)41-30-31-47-48(34-41)52(43-29-25-36-13-5-7-15-40(36)33-43)46-19-9-8-18-45(46)51(47)42-28-24-35-12-4-6-14-39(35)32-42;1-5-16-30(17-6-1)40-34-24-13-14-25-35(34)41(31-18-7-2-8-19-31)44-39-29-28-37(36-26-15-27-38(42(36)39)43(40)44)47-49-45(32-20-9-3-10-21-32)48-46(50-47)33-22-11-4-12-23-33;1-3-17-38-31(8-1)27-13-14-32(40-24-27)30-20-28(25-7-6-16-37-22-25)19-29(21-30)26-12-15-34(41-23-26)36-11-5-10-35(42-36)33-9-2-4-18-39-33/h1-34H;1-29H;1-24H. The number of para-hydroxylation sites is 3. The molecule has 11 nitrogen and oxygen atoms in total. The minimum atomic E-state index is 0.657. The van der Waals surface area contributed by atoms with Crippen LogP contribution in [0.5, 0.6) is 0 Å². The Morgan fingerprint density at radius 3 is 1.17 bits per heavy atom. The Balaban J connectivity index is 0.000000113. The van der Waals surface area contributed by atoms with E-state index in [1.807, 2.05) is 128 Å². The highest BCUT2D eigenvalue weighted by Crippen LogP contribution is 2.59. The molecular weight excluding hydrogens is 1790 g/mol. The van der Waals surface area contributed by atoms with Gasteiger partial charge in [0.1, 0.15) is 5.82 Å². The minimum Gasteiger partial charge on any atom is -0.292 e. The molecule has 1 aliphatic carbocycles. The van der Waals surface area contributed by atoms with Crippen LogP contribution < -0.4 is 0 Å². The Kier molecular flexibility index (Phi) is 22.8. The summed E-state index contributed by atoms with van der Waals surface area (Å²) >= 11 is 0. The summed E-state index contributed by atoms with van der Waals surface area (Å²) in [5, 5.41) is 14.8. The molecule has 0 bridgehead atoms. The number of imidazole rings is 1. The summed E-state index contributed by atoms with van der Waals surface area (Å²) in [5.74, 6) is 2.91. The van der Waals surface area contributed by atoms with Gasteiger partial charge in [-0.3, -0.25) is 29.5 Å². The summed E-state index contributed by atoms with van der Waals surface area (Å²) in [6.45, 7) is 0. The maximum atomic E-state index is 5.13. The van der Waals surface area contributed by atoms with E-state index >= 15 is 0 Å². The molecule has 11 heteroatoms. The lowest BCUT2D eigenvalue weighted by molar-refractivity contribution is 1.08. The Bertz CT molecular complexity index is 9510. The summed E-state index contributed by atoms with van der Waals surface area (Å²) in [7, 11) is 0. The number of benzene rings is 19. The van der Waals surface area contributed by atoms with Crippen LogP contribution in [0.25, 0.3) is 272 Å². The molecule has 0 saturated carbocycles. The molecule has 0 aliphatic heterocycles. The molecule has 8 heterocycles. The number of fused-ring (bicyclic) bond motifs is 9. The first kappa shape index (κ1) is 87.4. The molecule has 0 N–H and O–H groups in total. The third-order valence-corrected chi connectivity index (χ3v) is 28.0. The SMILES string of the molecule is c1ccc(-c2ccc(-c3cc(-c4cccnc4)cc(-c4ccc(-c5cccc(-c6ccccn6)n5)nc4)c3)nc2)nc1.c1ccc(-c2nc(-c3ccccc3)nc(-c3ccc4c5c(cccc35)-c3c-4c(-c4ccccc4)c4ccccc4c3-c3ccccc3)n2)cc1.c1ccc(-n2c(-c3ccc(-c4ccc5c(-c6ccc7ccccc7c6)c6ccccc6c(-c6ccc7ccccc7c6)c5c4)cc3)nc3ccccc32)cc1. The largest absolute Gasteiger partial charge is 0.292 e. The molecule has 19 aromatic carbocycles. The van der Waals surface area contributed by atoms with Crippen molar-refractivity contribution in [2.45, 2.75) is 0 Å². The maximum absolute atomic E-state index is 5.13. The van der Waals surface area contributed by atoms with Gasteiger partial charge in [0.25, 0.3) is 0 Å². The molecule has 8 aromatic heterocycles. The molecule has 0 atom stereocenters. The van der Waals surface area contributed by atoms with Gasteiger partial charge in [-0.05, 0) is 281 Å². The average Bonchev–Trinajstić information content (AvgIpc) is 1.56. The molecule has 0 amide bonds. The summed E-state index contributed by atoms with van der Waals surface area (Å²) in [4.78, 5) is 48.0. The van der Waals surface area contributed by atoms with Gasteiger partial charge in [0, 0.05) is 87.4 Å². The molecule has 1 aliphatic rings. The van der Waals surface area contributed by atoms with Gasteiger partial charge < -0.3 is 0 Å². The first-order chi connectivity index (χ1) is 72.9. The van der Waals surface area contributed by atoms with E-state index in [2.05, 4.69) is 402 Å². The first-order valence-corrected chi connectivity index (χ1v) is 49.4. The highest BCUT2D eigenvalue weighted by molar-refractivity contribution is 6.29. The molecule has 147 heavy (non-hydrogen) atoms. The van der Waals surface area contributed by atoms with Gasteiger partial charge in [0.05, 0.1) is 45.2 Å². The quantitative estimate of drug-likeness (QED) is 0.0861. The van der Waals surface area contributed by atoms with E-state index in [-0.39, 0.29) is 0 Å². The highest BCUT2D eigenvalue weighted by atomic mass is 15.1. The van der Waals surface area contributed by atoms with Crippen molar-refractivity contribution in [3.63, 3.8) is 0 Å². The number of rotatable bonds is 16. The maximum Gasteiger partial charge on any atom is 0.164 e. The molecule has 686 valence electrons.